The molecule has 1 saturated carbocycles. The van der Waals surface area contributed by atoms with E-state index in [1.807, 2.05) is 0 Å². The molecule has 2 N–H and O–H groups in total. The molecule has 3 nitrogen and oxygen atoms in total. The van der Waals surface area contributed by atoms with E-state index in [9.17, 15) is 0 Å². The second kappa shape index (κ2) is 5.71. The summed E-state index contributed by atoms with van der Waals surface area (Å²) in [6.45, 7) is 4.59. The Balaban J connectivity index is 1.77. The SMILES string of the molecule is CN1CCCC(CN)(N2CCCC2C2CCCC2)C1. The van der Waals surface area contributed by atoms with Gasteiger partial charge >= 0.3 is 0 Å². The molecule has 110 valence electrons. The Morgan fingerprint density at radius 3 is 2.53 bits per heavy atom. The van der Waals surface area contributed by atoms with E-state index < -0.39 is 0 Å². The molecule has 0 bridgehead atoms. The molecular weight excluding hydrogens is 234 g/mol. The van der Waals surface area contributed by atoms with Crippen LogP contribution < -0.4 is 5.73 Å². The van der Waals surface area contributed by atoms with E-state index in [2.05, 4.69) is 16.8 Å². The summed E-state index contributed by atoms with van der Waals surface area (Å²) < 4.78 is 0. The molecule has 0 aromatic carbocycles. The van der Waals surface area contributed by atoms with Crippen molar-refractivity contribution in [2.75, 3.05) is 33.2 Å². The van der Waals surface area contributed by atoms with E-state index in [-0.39, 0.29) is 5.54 Å². The summed E-state index contributed by atoms with van der Waals surface area (Å²) in [6, 6.07) is 0.845. The minimum absolute atomic E-state index is 0.288. The van der Waals surface area contributed by atoms with Gasteiger partial charge in [-0.2, -0.15) is 0 Å². The standard InChI is InChI=1S/C16H31N3/c1-18-10-5-9-16(12-17,13-18)19-11-4-8-15(19)14-6-2-3-7-14/h14-15H,2-13,17H2,1H3. The molecule has 3 aliphatic rings. The lowest BCUT2D eigenvalue weighted by Gasteiger charge is -2.50. The van der Waals surface area contributed by atoms with Gasteiger partial charge in [0.15, 0.2) is 0 Å². The van der Waals surface area contributed by atoms with Gasteiger partial charge in [0.1, 0.15) is 0 Å². The van der Waals surface area contributed by atoms with Crippen LogP contribution >= 0.6 is 0 Å². The molecule has 0 amide bonds. The van der Waals surface area contributed by atoms with Crippen molar-refractivity contribution < 1.29 is 0 Å². The molecule has 2 unspecified atom stereocenters. The van der Waals surface area contributed by atoms with Gasteiger partial charge in [0.05, 0.1) is 0 Å². The molecule has 19 heavy (non-hydrogen) atoms. The van der Waals surface area contributed by atoms with Crippen molar-refractivity contribution in [3.8, 4) is 0 Å². The molecule has 0 radical (unpaired) electrons. The number of nitrogens with zero attached hydrogens (tertiary/aromatic N) is 2. The number of rotatable bonds is 3. The summed E-state index contributed by atoms with van der Waals surface area (Å²) >= 11 is 0. The predicted octanol–water partition coefficient (Wildman–Crippen LogP) is 2.06. The normalized spacial score (nSPS) is 39.2. The van der Waals surface area contributed by atoms with Gasteiger partial charge in [-0.25, -0.2) is 0 Å². The molecule has 2 saturated heterocycles. The van der Waals surface area contributed by atoms with E-state index in [0.29, 0.717) is 0 Å². The Morgan fingerprint density at radius 2 is 1.84 bits per heavy atom. The number of nitrogens with two attached hydrogens (primary N) is 1. The van der Waals surface area contributed by atoms with Crippen LogP contribution in [0.2, 0.25) is 0 Å². The van der Waals surface area contributed by atoms with Crippen LogP contribution in [0, 0.1) is 5.92 Å². The first kappa shape index (κ1) is 13.8. The molecule has 2 heterocycles. The van der Waals surface area contributed by atoms with Crippen molar-refractivity contribution in [3.63, 3.8) is 0 Å². The minimum Gasteiger partial charge on any atom is -0.329 e. The quantitative estimate of drug-likeness (QED) is 0.848. The highest BCUT2D eigenvalue weighted by molar-refractivity contribution is 5.03. The maximum absolute atomic E-state index is 6.27. The Bertz CT molecular complexity index is 300. The van der Waals surface area contributed by atoms with Gasteiger partial charge in [-0.1, -0.05) is 12.8 Å². The van der Waals surface area contributed by atoms with Gasteiger partial charge in [-0.3, -0.25) is 4.90 Å². The van der Waals surface area contributed by atoms with Crippen molar-refractivity contribution >= 4 is 0 Å². The van der Waals surface area contributed by atoms with Gasteiger partial charge in [-0.05, 0) is 64.6 Å². The number of hydrogen-bond donors (Lipinski definition) is 1. The number of piperidine rings is 1. The third-order valence-corrected chi connectivity index (χ3v) is 5.98. The Hall–Kier alpha value is -0.120. The largest absolute Gasteiger partial charge is 0.329 e. The maximum Gasteiger partial charge on any atom is 0.0461 e. The Labute approximate surface area is 118 Å². The molecule has 3 heteroatoms. The van der Waals surface area contributed by atoms with Gasteiger partial charge in [0.2, 0.25) is 0 Å². The van der Waals surface area contributed by atoms with Crippen LogP contribution in [0.4, 0.5) is 0 Å². The molecule has 2 atom stereocenters. The fourth-order valence-electron chi connectivity index (χ4n) is 5.07. The molecule has 3 fully saturated rings. The Morgan fingerprint density at radius 1 is 1.05 bits per heavy atom. The molecule has 3 rings (SSSR count). The van der Waals surface area contributed by atoms with Crippen LogP contribution in [0.15, 0.2) is 0 Å². The molecule has 2 aliphatic heterocycles. The average Bonchev–Trinajstić information content (AvgIpc) is 3.09. The fraction of sp³-hybridized carbons (Fsp3) is 1.00. The van der Waals surface area contributed by atoms with E-state index >= 15 is 0 Å². The highest BCUT2D eigenvalue weighted by Crippen LogP contribution is 2.40. The van der Waals surface area contributed by atoms with Crippen molar-refractivity contribution in [3.05, 3.63) is 0 Å². The third kappa shape index (κ3) is 2.57. The van der Waals surface area contributed by atoms with Crippen LogP contribution in [0.25, 0.3) is 0 Å². The molecule has 0 spiro atoms. The third-order valence-electron chi connectivity index (χ3n) is 5.98. The van der Waals surface area contributed by atoms with Crippen LogP contribution in [0.3, 0.4) is 0 Å². The summed E-state index contributed by atoms with van der Waals surface area (Å²) in [6.07, 6.45) is 11.3. The zero-order valence-corrected chi connectivity index (χ0v) is 12.6. The number of likely N-dealkylation sites (tertiary alicyclic amines) is 2. The molecule has 1 aliphatic carbocycles. The minimum atomic E-state index is 0.288. The maximum atomic E-state index is 6.27. The first-order valence-electron chi connectivity index (χ1n) is 8.40. The van der Waals surface area contributed by atoms with Gasteiger partial charge in [0, 0.05) is 24.7 Å². The van der Waals surface area contributed by atoms with Crippen molar-refractivity contribution in [2.24, 2.45) is 11.7 Å². The van der Waals surface area contributed by atoms with Crippen LogP contribution in [0.5, 0.6) is 0 Å². The number of likely N-dealkylation sites (N-methyl/N-ethyl adjacent to an activating group) is 1. The smallest absolute Gasteiger partial charge is 0.0461 e. The van der Waals surface area contributed by atoms with Gasteiger partial charge < -0.3 is 10.6 Å². The van der Waals surface area contributed by atoms with Gasteiger partial charge in [-0.15, -0.1) is 0 Å². The topological polar surface area (TPSA) is 32.5 Å². The highest BCUT2D eigenvalue weighted by Gasteiger charge is 2.46. The second-order valence-electron chi connectivity index (χ2n) is 7.22. The van der Waals surface area contributed by atoms with Crippen molar-refractivity contribution in [1.82, 2.24) is 9.80 Å². The summed E-state index contributed by atoms with van der Waals surface area (Å²) in [4.78, 5) is 5.36. The molecule has 0 aromatic rings. The monoisotopic (exact) mass is 265 g/mol. The Kier molecular flexibility index (Phi) is 4.16. The van der Waals surface area contributed by atoms with Crippen LogP contribution in [0.1, 0.15) is 51.4 Å². The first-order valence-corrected chi connectivity index (χ1v) is 8.40. The zero-order chi connectivity index (χ0) is 13.3. The lowest BCUT2D eigenvalue weighted by molar-refractivity contribution is 0.00116. The summed E-state index contributed by atoms with van der Waals surface area (Å²) in [5, 5.41) is 0. The predicted molar refractivity (Wildman–Crippen MR) is 80.2 cm³/mol. The van der Waals surface area contributed by atoms with E-state index in [1.165, 1.54) is 71.0 Å². The van der Waals surface area contributed by atoms with Crippen LogP contribution in [-0.2, 0) is 0 Å². The van der Waals surface area contributed by atoms with E-state index in [0.717, 1.165) is 18.5 Å². The van der Waals surface area contributed by atoms with Crippen molar-refractivity contribution in [2.45, 2.75) is 62.9 Å². The number of hydrogen-bond acceptors (Lipinski definition) is 3. The zero-order valence-electron chi connectivity index (χ0n) is 12.6. The fourth-order valence-corrected chi connectivity index (χ4v) is 5.07. The van der Waals surface area contributed by atoms with E-state index in [4.69, 9.17) is 5.73 Å². The average molecular weight is 265 g/mol. The lowest BCUT2D eigenvalue weighted by atomic mass is 9.84. The molecular formula is C16H31N3. The summed E-state index contributed by atoms with van der Waals surface area (Å²) in [5.41, 5.74) is 6.56. The molecule has 0 aromatic heterocycles. The summed E-state index contributed by atoms with van der Waals surface area (Å²) in [7, 11) is 2.27. The van der Waals surface area contributed by atoms with Crippen molar-refractivity contribution in [1.29, 1.82) is 0 Å². The summed E-state index contributed by atoms with van der Waals surface area (Å²) in [5.74, 6) is 0.971. The van der Waals surface area contributed by atoms with Crippen LogP contribution in [-0.4, -0.2) is 54.6 Å². The lowest BCUT2D eigenvalue weighted by Crippen LogP contribution is -2.63. The van der Waals surface area contributed by atoms with Gasteiger partial charge in [0.25, 0.3) is 0 Å². The second-order valence-corrected chi connectivity index (χ2v) is 7.22. The first-order chi connectivity index (χ1) is 9.25. The highest BCUT2D eigenvalue weighted by atomic mass is 15.3. The van der Waals surface area contributed by atoms with E-state index in [1.54, 1.807) is 0 Å².